The second kappa shape index (κ2) is 9.51. The van der Waals surface area contributed by atoms with Gasteiger partial charge in [-0.2, -0.15) is 0 Å². The molecule has 0 spiro atoms. The van der Waals surface area contributed by atoms with Crippen LogP contribution in [0.5, 0.6) is 0 Å². The van der Waals surface area contributed by atoms with Crippen molar-refractivity contribution in [2.24, 2.45) is 5.92 Å². The second-order valence-corrected chi connectivity index (χ2v) is 8.91. The molecule has 0 saturated heterocycles. The number of hydrogen-bond acceptors (Lipinski definition) is 4. The normalized spacial score (nSPS) is 13.1. The summed E-state index contributed by atoms with van der Waals surface area (Å²) in [6, 6.07) is 23.2. The Morgan fingerprint density at radius 1 is 1.03 bits per heavy atom. The molecule has 1 aliphatic rings. The van der Waals surface area contributed by atoms with Crippen LogP contribution in [-0.4, -0.2) is 22.0 Å². The van der Waals surface area contributed by atoms with Crippen LogP contribution in [0.25, 0.3) is 16.7 Å². The van der Waals surface area contributed by atoms with Gasteiger partial charge in [-0.3, -0.25) is 14.2 Å². The van der Waals surface area contributed by atoms with Crippen LogP contribution in [0.1, 0.15) is 30.5 Å². The number of fused-ring (bicyclic) bond motifs is 1. The standard InChI is InChI=1S/C28H28N4O2/c1-19-21(14-15-27(34)29-18-20-12-13-20)16-24-25(33)17-26(31-22-8-4-2-5-9-22)32(28(24)30-19)23-10-6-3-7-11-23/h2-11,16-17,20,31H,12-15,18H2,1H3,(H,29,34). The summed E-state index contributed by atoms with van der Waals surface area (Å²) in [4.78, 5) is 30.3. The molecule has 0 bridgehead atoms. The summed E-state index contributed by atoms with van der Waals surface area (Å²) in [5, 5.41) is 6.93. The maximum atomic E-state index is 13.2. The maximum absolute atomic E-state index is 13.2. The van der Waals surface area contributed by atoms with Crippen molar-refractivity contribution in [3.63, 3.8) is 0 Å². The molecular weight excluding hydrogens is 424 g/mol. The molecule has 4 aromatic rings. The van der Waals surface area contributed by atoms with E-state index in [9.17, 15) is 9.59 Å². The van der Waals surface area contributed by atoms with Gasteiger partial charge in [-0.25, -0.2) is 4.98 Å². The van der Waals surface area contributed by atoms with Crippen LogP contribution in [-0.2, 0) is 11.2 Å². The molecule has 6 nitrogen and oxygen atoms in total. The number of aryl methyl sites for hydroxylation is 2. The minimum absolute atomic E-state index is 0.0514. The van der Waals surface area contributed by atoms with Crippen molar-refractivity contribution in [2.45, 2.75) is 32.6 Å². The molecule has 2 aromatic heterocycles. The predicted molar refractivity (Wildman–Crippen MR) is 136 cm³/mol. The lowest BCUT2D eigenvalue weighted by Crippen LogP contribution is -2.25. The molecule has 2 aromatic carbocycles. The fourth-order valence-electron chi connectivity index (χ4n) is 4.14. The van der Waals surface area contributed by atoms with E-state index in [0.29, 0.717) is 35.6 Å². The molecule has 1 aliphatic carbocycles. The topological polar surface area (TPSA) is 76.0 Å². The van der Waals surface area contributed by atoms with Crippen molar-refractivity contribution < 1.29 is 4.79 Å². The highest BCUT2D eigenvalue weighted by Gasteiger charge is 2.21. The average molecular weight is 453 g/mol. The van der Waals surface area contributed by atoms with Crippen molar-refractivity contribution in [1.82, 2.24) is 14.9 Å². The summed E-state index contributed by atoms with van der Waals surface area (Å²) < 4.78 is 1.98. The number of nitrogens with one attached hydrogen (secondary N) is 2. The number of amides is 1. The Labute approximate surface area is 198 Å². The Balaban J connectivity index is 1.53. The molecule has 0 atom stereocenters. The summed E-state index contributed by atoms with van der Waals surface area (Å²) in [6.07, 6.45) is 3.37. The van der Waals surface area contributed by atoms with E-state index >= 15 is 0 Å². The first-order chi connectivity index (χ1) is 16.6. The van der Waals surface area contributed by atoms with E-state index in [0.717, 1.165) is 29.2 Å². The number of rotatable bonds is 8. The lowest BCUT2D eigenvalue weighted by molar-refractivity contribution is -0.121. The van der Waals surface area contributed by atoms with Crippen molar-refractivity contribution in [1.29, 1.82) is 0 Å². The van der Waals surface area contributed by atoms with Crippen LogP contribution in [0.2, 0.25) is 0 Å². The highest BCUT2D eigenvalue weighted by molar-refractivity contribution is 5.82. The number of anilines is 2. The molecule has 5 rings (SSSR count). The lowest BCUT2D eigenvalue weighted by Gasteiger charge is -2.19. The van der Waals surface area contributed by atoms with E-state index in [4.69, 9.17) is 4.98 Å². The average Bonchev–Trinajstić information content (AvgIpc) is 3.68. The zero-order valence-electron chi connectivity index (χ0n) is 19.3. The monoisotopic (exact) mass is 452 g/mol. The molecule has 34 heavy (non-hydrogen) atoms. The van der Waals surface area contributed by atoms with Crippen LogP contribution < -0.4 is 16.1 Å². The molecule has 172 valence electrons. The third kappa shape index (κ3) is 4.86. The number of carbonyl (C=O) groups is 1. The van der Waals surface area contributed by atoms with Crippen LogP contribution in [0.3, 0.4) is 0 Å². The number of benzene rings is 2. The summed E-state index contributed by atoms with van der Waals surface area (Å²) in [6.45, 7) is 2.71. The SMILES string of the molecule is Cc1nc2c(cc1CCC(=O)NCC1CC1)c(=O)cc(Nc1ccccc1)n2-c1ccccc1. The summed E-state index contributed by atoms with van der Waals surface area (Å²) in [5.41, 5.74) is 4.03. The van der Waals surface area contributed by atoms with Gasteiger partial charge in [0.25, 0.3) is 0 Å². The van der Waals surface area contributed by atoms with Crippen LogP contribution in [0.15, 0.2) is 77.6 Å². The third-order valence-corrected chi connectivity index (χ3v) is 6.25. The van der Waals surface area contributed by atoms with Crippen LogP contribution in [0.4, 0.5) is 11.5 Å². The van der Waals surface area contributed by atoms with Crippen molar-refractivity contribution in [2.75, 3.05) is 11.9 Å². The Hall–Kier alpha value is -3.93. The van der Waals surface area contributed by atoms with Gasteiger partial charge in [-0.1, -0.05) is 36.4 Å². The molecule has 2 N–H and O–H groups in total. The maximum Gasteiger partial charge on any atom is 0.220 e. The van der Waals surface area contributed by atoms with E-state index in [1.807, 2.05) is 78.2 Å². The molecule has 0 unspecified atom stereocenters. The van der Waals surface area contributed by atoms with Gasteiger partial charge < -0.3 is 10.6 Å². The van der Waals surface area contributed by atoms with Gasteiger partial charge in [0.2, 0.25) is 5.91 Å². The minimum atomic E-state index is -0.104. The highest BCUT2D eigenvalue weighted by Crippen LogP contribution is 2.28. The molecular formula is C28H28N4O2. The van der Waals surface area contributed by atoms with Gasteiger partial charge in [0.1, 0.15) is 11.5 Å². The molecule has 0 radical (unpaired) electrons. The van der Waals surface area contributed by atoms with Gasteiger partial charge >= 0.3 is 0 Å². The number of aromatic nitrogens is 2. The number of hydrogen-bond donors (Lipinski definition) is 2. The highest BCUT2D eigenvalue weighted by atomic mass is 16.1. The lowest BCUT2D eigenvalue weighted by atomic mass is 10.1. The third-order valence-electron chi connectivity index (χ3n) is 6.25. The Kier molecular flexibility index (Phi) is 6.12. The summed E-state index contributed by atoms with van der Waals surface area (Å²) >= 11 is 0. The van der Waals surface area contributed by atoms with Gasteiger partial charge in [0, 0.05) is 36.1 Å². The van der Waals surface area contributed by atoms with Crippen molar-refractivity contribution in [3.8, 4) is 5.69 Å². The largest absolute Gasteiger partial charge is 0.356 e. The smallest absolute Gasteiger partial charge is 0.220 e. The van der Waals surface area contributed by atoms with E-state index < -0.39 is 0 Å². The van der Waals surface area contributed by atoms with Gasteiger partial charge in [-0.15, -0.1) is 0 Å². The van der Waals surface area contributed by atoms with Crippen molar-refractivity contribution >= 4 is 28.4 Å². The fraction of sp³-hybridized carbons (Fsp3) is 0.250. The van der Waals surface area contributed by atoms with E-state index in [2.05, 4.69) is 10.6 Å². The Morgan fingerprint density at radius 2 is 1.74 bits per heavy atom. The molecule has 0 aliphatic heterocycles. The molecule has 1 amide bonds. The molecule has 1 saturated carbocycles. The zero-order valence-corrected chi connectivity index (χ0v) is 19.3. The van der Waals surface area contributed by atoms with E-state index in [-0.39, 0.29) is 11.3 Å². The Morgan fingerprint density at radius 3 is 2.44 bits per heavy atom. The summed E-state index contributed by atoms with van der Waals surface area (Å²) in [5.74, 6) is 1.35. The van der Waals surface area contributed by atoms with Gasteiger partial charge in [0.05, 0.1) is 5.39 Å². The van der Waals surface area contributed by atoms with Gasteiger partial charge in [-0.05, 0) is 68.0 Å². The van der Waals surface area contributed by atoms with Crippen LogP contribution in [0, 0.1) is 12.8 Å². The van der Waals surface area contributed by atoms with Crippen LogP contribution >= 0.6 is 0 Å². The Bertz CT molecular complexity index is 1380. The zero-order chi connectivity index (χ0) is 23.5. The summed E-state index contributed by atoms with van der Waals surface area (Å²) in [7, 11) is 0. The molecule has 1 fully saturated rings. The van der Waals surface area contributed by atoms with Crippen molar-refractivity contribution in [3.05, 3.63) is 94.3 Å². The number of carbonyl (C=O) groups excluding carboxylic acids is 1. The molecule has 2 heterocycles. The number of para-hydroxylation sites is 2. The first-order valence-electron chi connectivity index (χ1n) is 11.8. The predicted octanol–water partition coefficient (Wildman–Crippen LogP) is 4.90. The van der Waals surface area contributed by atoms with E-state index in [1.165, 1.54) is 12.8 Å². The molecule has 6 heteroatoms. The first kappa shape index (κ1) is 21.9. The fourth-order valence-corrected chi connectivity index (χ4v) is 4.14. The quantitative estimate of drug-likeness (QED) is 0.399. The number of pyridine rings is 2. The number of nitrogens with zero attached hydrogens (tertiary/aromatic N) is 2. The second-order valence-electron chi connectivity index (χ2n) is 8.91. The van der Waals surface area contributed by atoms with Gasteiger partial charge in [0.15, 0.2) is 5.43 Å². The first-order valence-corrected chi connectivity index (χ1v) is 11.8. The minimum Gasteiger partial charge on any atom is -0.356 e. The van der Waals surface area contributed by atoms with E-state index in [1.54, 1.807) is 6.07 Å².